The number of nitrogens with zero attached hydrogens (tertiary/aromatic N) is 2. The number of benzene rings is 1. The smallest absolute Gasteiger partial charge is 0.0954 e. The van der Waals surface area contributed by atoms with Gasteiger partial charge in [-0.25, -0.2) is 0 Å². The molecule has 1 saturated heterocycles. The molecule has 0 aromatic heterocycles. The lowest BCUT2D eigenvalue weighted by Gasteiger charge is -2.31. The minimum atomic E-state index is 0.245. The fraction of sp³-hybridized carbons (Fsp3) is 0.647. The lowest BCUT2D eigenvalue weighted by atomic mass is 9.97. The van der Waals surface area contributed by atoms with Gasteiger partial charge in [-0.05, 0) is 37.1 Å². The molecule has 0 spiro atoms. The number of hydrogen-bond acceptors (Lipinski definition) is 3. The van der Waals surface area contributed by atoms with E-state index < -0.39 is 0 Å². The highest BCUT2D eigenvalue weighted by atomic mass is 35.5. The third-order valence-electron chi connectivity index (χ3n) is 4.60. The quantitative estimate of drug-likeness (QED) is 0.795. The van der Waals surface area contributed by atoms with Gasteiger partial charge in [0.25, 0.3) is 0 Å². The molecule has 1 unspecified atom stereocenters. The summed E-state index contributed by atoms with van der Waals surface area (Å²) in [7, 11) is 0. The molecule has 0 aliphatic carbocycles. The van der Waals surface area contributed by atoms with Gasteiger partial charge in [0.05, 0.1) is 12.7 Å². The molecule has 1 aromatic carbocycles. The minimum absolute atomic E-state index is 0.245. The largest absolute Gasteiger partial charge is 0.372 e. The molecule has 2 heterocycles. The van der Waals surface area contributed by atoms with Gasteiger partial charge in [-0.2, -0.15) is 0 Å². The van der Waals surface area contributed by atoms with Crippen LogP contribution in [0.5, 0.6) is 0 Å². The Bertz CT molecular complexity index is 454. The highest BCUT2D eigenvalue weighted by Gasteiger charge is 2.24. The molecular formula is C17H25ClN2O. The normalized spacial score (nSPS) is 24.5. The van der Waals surface area contributed by atoms with Crippen molar-refractivity contribution in [2.24, 2.45) is 0 Å². The monoisotopic (exact) mass is 308 g/mol. The number of alkyl halides is 1. The van der Waals surface area contributed by atoms with Crippen molar-refractivity contribution in [3.8, 4) is 0 Å². The first kappa shape index (κ1) is 15.3. The molecule has 0 amide bonds. The molecule has 2 aliphatic heterocycles. The maximum atomic E-state index is 6.05. The van der Waals surface area contributed by atoms with Crippen LogP contribution in [0.25, 0.3) is 0 Å². The summed E-state index contributed by atoms with van der Waals surface area (Å²) < 4.78 is 6.05. The summed E-state index contributed by atoms with van der Waals surface area (Å²) in [6.45, 7) is 7.48. The van der Waals surface area contributed by atoms with E-state index in [1.54, 1.807) is 0 Å². The highest BCUT2D eigenvalue weighted by molar-refractivity contribution is 6.18. The van der Waals surface area contributed by atoms with E-state index in [2.05, 4.69) is 34.1 Å². The Morgan fingerprint density at radius 3 is 2.81 bits per heavy atom. The minimum Gasteiger partial charge on any atom is -0.372 e. The summed E-state index contributed by atoms with van der Waals surface area (Å²) in [5.41, 5.74) is 2.86. The van der Waals surface area contributed by atoms with E-state index in [4.69, 9.17) is 16.3 Å². The average molecular weight is 309 g/mol. The van der Waals surface area contributed by atoms with Crippen LogP contribution in [0.1, 0.15) is 23.7 Å². The Balaban J connectivity index is 1.60. The molecule has 1 atom stereocenters. The molecule has 3 rings (SSSR count). The summed E-state index contributed by atoms with van der Waals surface area (Å²) in [6.07, 6.45) is 2.52. The van der Waals surface area contributed by atoms with E-state index in [-0.39, 0.29) is 6.10 Å². The molecular weight excluding hydrogens is 284 g/mol. The lowest BCUT2D eigenvalue weighted by molar-refractivity contribution is 0.0167. The van der Waals surface area contributed by atoms with Crippen LogP contribution in [0.3, 0.4) is 0 Å². The number of fused-ring (bicyclic) bond motifs is 1. The van der Waals surface area contributed by atoms with Crippen LogP contribution >= 0.6 is 11.6 Å². The zero-order valence-electron chi connectivity index (χ0n) is 12.6. The maximum absolute atomic E-state index is 6.05. The Labute approximate surface area is 132 Å². The standard InChI is InChI=1S/C17H25ClN2O/c18-7-10-19-8-3-9-20(12-11-19)14-17-16-5-2-1-4-15(16)6-13-21-17/h1-2,4-5,17H,3,6-14H2. The van der Waals surface area contributed by atoms with Gasteiger partial charge in [0.2, 0.25) is 0 Å². The fourth-order valence-corrected chi connectivity index (χ4v) is 3.65. The van der Waals surface area contributed by atoms with Gasteiger partial charge in [0.1, 0.15) is 0 Å². The van der Waals surface area contributed by atoms with Crippen LogP contribution in [0, 0.1) is 0 Å². The van der Waals surface area contributed by atoms with E-state index in [0.29, 0.717) is 0 Å². The van der Waals surface area contributed by atoms with E-state index in [1.165, 1.54) is 30.6 Å². The second-order valence-electron chi connectivity index (χ2n) is 5.99. The zero-order valence-corrected chi connectivity index (χ0v) is 13.4. The predicted octanol–water partition coefficient (Wildman–Crippen LogP) is 2.55. The highest BCUT2D eigenvalue weighted by Crippen LogP contribution is 2.27. The number of rotatable bonds is 4. The fourth-order valence-electron chi connectivity index (χ4n) is 3.41. The summed E-state index contributed by atoms with van der Waals surface area (Å²) in [5.74, 6) is 0.735. The Morgan fingerprint density at radius 2 is 1.90 bits per heavy atom. The van der Waals surface area contributed by atoms with Gasteiger partial charge in [0.15, 0.2) is 0 Å². The summed E-state index contributed by atoms with van der Waals surface area (Å²) in [4.78, 5) is 5.03. The van der Waals surface area contributed by atoms with Gasteiger partial charge < -0.3 is 9.64 Å². The number of ether oxygens (including phenoxy) is 1. The molecule has 4 heteroatoms. The Hall–Kier alpha value is -0.610. The topological polar surface area (TPSA) is 15.7 Å². The lowest BCUT2D eigenvalue weighted by Crippen LogP contribution is -2.35. The third-order valence-corrected chi connectivity index (χ3v) is 4.77. The van der Waals surface area contributed by atoms with E-state index in [9.17, 15) is 0 Å². The predicted molar refractivity (Wildman–Crippen MR) is 87.1 cm³/mol. The molecule has 0 radical (unpaired) electrons. The number of halogens is 1. The van der Waals surface area contributed by atoms with E-state index in [1.807, 2.05) is 0 Å². The SMILES string of the molecule is ClCCN1CCCN(CC2OCCc3ccccc32)CC1. The van der Waals surface area contributed by atoms with Crippen LogP contribution in [-0.2, 0) is 11.2 Å². The molecule has 0 N–H and O–H groups in total. The van der Waals surface area contributed by atoms with E-state index in [0.717, 1.165) is 45.1 Å². The van der Waals surface area contributed by atoms with Crippen molar-refractivity contribution >= 4 is 11.6 Å². The molecule has 21 heavy (non-hydrogen) atoms. The van der Waals surface area contributed by atoms with Crippen LogP contribution in [0.2, 0.25) is 0 Å². The second kappa shape index (κ2) is 7.59. The molecule has 0 saturated carbocycles. The van der Waals surface area contributed by atoms with Crippen molar-refractivity contribution in [2.45, 2.75) is 18.9 Å². The summed E-state index contributed by atoms with van der Waals surface area (Å²) in [6, 6.07) is 8.74. The maximum Gasteiger partial charge on any atom is 0.0954 e. The van der Waals surface area contributed by atoms with Crippen molar-refractivity contribution in [2.75, 3.05) is 51.8 Å². The Kier molecular flexibility index (Phi) is 5.53. The van der Waals surface area contributed by atoms with Crippen molar-refractivity contribution in [3.63, 3.8) is 0 Å². The van der Waals surface area contributed by atoms with Crippen LogP contribution in [0.15, 0.2) is 24.3 Å². The van der Waals surface area contributed by atoms with Crippen LogP contribution in [0.4, 0.5) is 0 Å². The van der Waals surface area contributed by atoms with Gasteiger partial charge in [0, 0.05) is 32.1 Å². The van der Waals surface area contributed by atoms with Crippen molar-refractivity contribution in [1.82, 2.24) is 9.80 Å². The van der Waals surface area contributed by atoms with Crippen LogP contribution < -0.4 is 0 Å². The van der Waals surface area contributed by atoms with Crippen molar-refractivity contribution in [1.29, 1.82) is 0 Å². The first-order valence-corrected chi connectivity index (χ1v) is 8.60. The summed E-state index contributed by atoms with van der Waals surface area (Å²) >= 11 is 5.86. The van der Waals surface area contributed by atoms with Gasteiger partial charge in [-0.1, -0.05) is 24.3 Å². The zero-order chi connectivity index (χ0) is 14.5. The molecule has 2 aliphatic rings. The molecule has 1 fully saturated rings. The number of hydrogen-bond donors (Lipinski definition) is 0. The summed E-state index contributed by atoms with van der Waals surface area (Å²) in [5, 5.41) is 0. The second-order valence-corrected chi connectivity index (χ2v) is 6.37. The van der Waals surface area contributed by atoms with Gasteiger partial charge in [-0.3, -0.25) is 4.90 Å². The van der Waals surface area contributed by atoms with E-state index >= 15 is 0 Å². The van der Waals surface area contributed by atoms with Gasteiger partial charge >= 0.3 is 0 Å². The Morgan fingerprint density at radius 1 is 1.10 bits per heavy atom. The molecule has 3 nitrogen and oxygen atoms in total. The third kappa shape index (κ3) is 3.98. The molecule has 1 aromatic rings. The molecule has 116 valence electrons. The first-order chi connectivity index (χ1) is 10.4. The van der Waals surface area contributed by atoms with Crippen molar-refractivity contribution < 1.29 is 4.74 Å². The molecule has 0 bridgehead atoms. The van der Waals surface area contributed by atoms with Gasteiger partial charge in [-0.15, -0.1) is 11.6 Å². The van der Waals surface area contributed by atoms with Crippen LogP contribution in [-0.4, -0.2) is 61.6 Å². The first-order valence-electron chi connectivity index (χ1n) is 8.07. The van der Waals surface area contributed by atoms with Crippen molar-refractivity contribution in [3.05, 3.63) is 35.4 Å². The average Bonchev–Trinajstić information content (AvgIpc) is 2.74.